The van der Waals surface area contributed by atoms with Crippen LogP contribution in [0.1, 0.15) is 31.7 Å². The summed E-state index contributed by atoms with van der Waals surface area (Å²) >= 11 is 12.5. The number of halogens is 2. The van der Waals surface area contributed by atoms with E-state index < -0.39 is 0 Å². The summed E-state index contributed by atoms with van der Waals surface area (Å²) in [6.45, 7) is 6.36. The summed E-state index contributed by atoms with van der Waals surface area (Å²) in [4.78, 5) is 2.45. The molecule has 4 heteroatoms. The first-order chi connectivity index (χ1) is 9.20. The average molecular weight is 301 g/mol. The highest BCUT2D eigenvalue weighted by Gasteiger charge is 2.19. The summed E-state index contributed by atoms with van der Waals surface area (Å²) < 4.78 is 0. The topological polar surface area (TPSA) is 15.3 Å². The molecule has 0 aliphatic carbocycles. The van der Waals surface area contributed by atoms with Crippen LogP contribution < -0.4 is 5.32 Å². The van der Waals surface area contributed by atoms with E-state index >= 15 is 0 Å². The predicted molar refractivity (Wildman–Crippen MR) is 83.1 cm³/mol. The fourth-order valence-corrected chi connectivity index (χ4v) is 3.20. The van der Waals surface area contributed by atoms with Crippen LogP contribution in [-0.2, 0) is 6.54 Å². The Labute approximate surface area is 126 Å². The minimum Gasteiger partial charge on any atom is -0.313 e. The number of nitrogens with one attached hydrogen (secondary N) is 1. The summed E-state index contributed by atoms with van der Waals surface area (Å²) in [6, 6.07) is 6.35. The van der Waals surface area contributed by atoms with Crippen LogP contribution >= 0.6 is 23.2 Å². The molecule has 2 rings (SSSR count). The largest absolute Gasteiger partial charge is 0.313 e. The third kappa shape index (κ3) is 4.35. The minimum absolute atomic E-state index is 0.618. The van der Waals surface area contributed by atoms with Crippen molar-refractivity contribution in [1.29, 1.82) is 0 Å². The number of nitrogens with zero attached hydrogens (tertiary/aromatic N) is 1. The van der Waals surface area contributed by atoms with Crippen molar-refractivity contribution in [2.45, 2.75) is 38.8 Å². The van der Waals surface area contributed by atoms with Crippen LogP contribution in [0.2, 0.25) is 10.0 Å². The van der Waals surface area contributed by atoms with Gasteiger partial charge in [-0.1, -0.05) is 36.2 Å². The molecule has 0 spiro atoms. The van der Waals surface area contributed by atoms with E-state index in [-0.39, 0.29) is 0 Å². The van der Waals surface area contributed by atoms with E-state index in [0.717, 1.165) is 48.2 Å². The van der Waals surface area contributed by atoms with Crippen molar-refractivity contribution in [3.05, 3.63) is 33.8 Å². The first-order valence-electron chi connectivity index (χ1n) is 7.09. The number of hydrogen-bond acceptors (Lipinski definition) is 2. The van der Waals surface area contributed by atoms with Crippen molar-refractivity contribution in [2.75, 3.05) is 19.6 Å². The van der Waals surface area contributed by atoms with Crippen molar-refractivity contribution in [3.63, 3.8) is 0 Å². The molecule has 106 valence electrons. The second kappa shape index (κ2) is 7.49. The maximum atomic E-state index is 6.26. The summed E-state index contributed by atoms with van der Waals surface area (Å²) in [7, 11) is 0. The van der Waals surface area contributed by atoms with E-state index in [4.69, 9.17) is 23.2 Å². The van der Waals surface area contributed by atoms with Crippen molar-refractivity contribution in [1.82, 2.24) is 10.2 Å². The second-order valence-corrected chi connectivity index (χ2v) is 6.04. The highest BCUT2D eigenvalue weighted by Crippen LogP contribution is 2.26. The molecule has 1 N–H and O–H groups in total. The van der Waals surface area contributed by atoms with Gasteiger partial charge in [-0.2, -0.15) is 0 Å². The molecule has 0 aromatic heterocycles. The standard InChI is InChI=1S/C15H22Cl2N2/c1-2-9-19(10-12-5-4-8-18-12)11-13-14(16)6-3-7-15(13)17/h3,6-7,12,18H,2,4-5,8-11H2,1H3. The van der Waals surface area contributed by atoms with Gasteiger partial charge in [-0.3, -0.25) is 4.90 Å². The quantitative estimate of drug-likeness (QED) is 0.855. The average Bonchev–Trinajstić information content (AvgIpc) is 2.87. The predicted octanol–water partition coefficient (Wildman–Crippen LogP) is 3.96. The second-order valence-electron chi connectivity index (χ2n) is 5.23. The zero-order chi connectivity index (χ0) is 13.7. The Kier molecular flexibility index (Phi) is 5.96. The molecule has 1 fully saturated rings. The molecule has 0 radical (unpaired) electrons. The summed E-state index contributed by atoms with van der Waals surface area (Å²) in [5, 5.41) is 5.10. The molecule has 1 unspecified atom stereocenters. The van der Waals surface area contributed by atoms with Crippen molar-refractivity contribution in [3.8, 4) is 0 Å². The molecule has 1 aromatic carbocycles. The molecule has 1 aromatic rings. The fourth-order valence-electron chi connectivity index (χ4n) is 2.68. The van der Waals surface area contributed by atoms with Crippen LogP contribution in [0.15, 0.2) is 18.2 Å². The normalized spacial score (nSPS) is 19.3. The lowest BCUT2D eigenvalue weighted by Gasteiger charge is -2.26. The Hall–Kier alpha value is -0.280. The molecule has 1 aliphatic rings. The third-order valence-electron chi connectivity index (χ3n) is 3.62. The lowest BCUT2D eigenvalue weighted by Crippen LogP contribution is -2.37. The smallest absolute Gasteiger partial charge is 0.0465 e. The van der Waals surface area contributed by atoms with Crippen LogP contribution in [0, 0.1) is 0 Å². The highest BCUT2D eigenvalue weighted by atomic mass is 35.5. The number of benzene rings is 1. The zero-order valence-electron chi connectivity index (χ0n) is 11.5. The minimum atomic E-state index is 0.618. The SMILES string of the molecule is CCCN(Cc1c(Cl)cccc1Cl)CC1CCCN1. The first-order valence-corrected chi connectivity index (χ1v) is 7.85. The van der Waals surface area contributed by atoms with E-state index in [9.17, 15) is 0 Å². The Bertz CT molecular complexity index is 383. The third-order valence-corrected chi connectivity index (χ3v) is 4.33. The van der Waals surface area contributed by atoms with E-state index in [2.05, 4.69) is 17.1 Å². The molecule has 0 amide bonds. The van der Waals surface area contributed by atoms with Gasteiger partial charge in [0, 0.05) is 34.7 Å². The van der Waals surface area contributed by atoms with Gasteiger partial charge in [-0.05, 0) is 44.5 Å². The maximum absolute atomic E-state index is 6.26. The van der Waals surface area contributed by atoms with Crippen LogP contribution in [-0.4, -0.2) is 30.6 Å². The van der Waals surface area contributed by atoms with Gasteiger partial charge in [0.05, 0.1) is 0 Å². The van der Waals surface area contributed by atoms with Gasteiger partial charge in [0.15, 0.2) is 0 Å². The Morgan fingerprint density at radius 1 is 1.32 bits per heavy atom. The lowest BCUT2D eigenvalue weighted by atomic mass is 10.1. The Morgan fingerprint density at radius 3 is 2.63 bits per heavy atom. The molecule has 0 saturated carbocycles. The van der Waals surface area contributed by atoms with Gasteiger partial charge >= 0.3 is 0 Å². The molecule has 0 bridgehead atoms. The van der Waals surface area contributed by atoms with Gasteiger partial charge in [-0.15, -0.1) is 0 Å². The van der Waals surface area contributed by atoms with Gasteiger partial charge in [-0.25, -0.2) is 0 Å². The molecule has 1 aliphatic heterocycles. The van der Waals surface area contributed by atoms with E-state index in [1.807, 2.05) is 18.2 Å². The zero-order valence-corrected chi connectivity index (χ0v) is 13.0. The summed E-state index contributed by atoms with van der Waals surface area (Å²) in [6.07, 6.45) is 3.71. The molecule has 1 saturated heterocycles. The van der Waals surface area contributed by atoms with Crippen molar-refractivity contribution < 1.29 is 0 Å². The first kappa shape index (κ1) is 15.1. The van der Waals surface area contributed by atoms with Gasteiger partial charge in [0.2, 0.25) is 0 Å². The van der Waals surface area contributed by atoms with Crippen LogP contribution in [0.5, 0.6) is 0 Å². The van der Waals surface area contributed by atoms with Gasteiger partial charge in [0.25, 0.3) is 0 Å². The monoisotopic (exact) mass is 300 g/mol. The van der Waals surface area contributed by atoms with Gasteiger partial charge < -0.3 is 5.32 Å². The van der Waals surface area contributed by atoms with Crippen LogP contribution in [0.3, 0.4) is 0 Å². The number of rotatable bonds is 6. The molecule has 1 atom stereocenters. The highest BCUT2D eigenvalue weighted by molar-refractivity contribution is 6.35. The lowest BCUT2D eigenvalue weighted by molar-refractivity contribution is 0.241. The van der Waals surface area contributed by atoms with Crippen LogP contribution in [0.4, 0.5) is 0 Å². The summed E-state index contributed by atoms with van der Waals surface area (Å²) in [5.41, 5.74) is 1.05. The van der Waals surface area contributed by atoms with Crippen molar-refractivity contribution in [2.24, 2.45) is 0 Å². The molecule has 2 nitrogen and oxygen atoms in total. The fraction of sp³-hybridized carbons (Fsp3) is 0.600. The maximum Gasteiger partial charge on any atom is 0.0465 e. The van der Waals surface area contributed by atoms with Crippen LogP contribution in [0.25, 0.3) is 0 Å². The molecular formula is C15H22Cl2N2. The Balaban J connectivity index is 2.02. The van der Waals surface area contributed by atoms with E-state index in [1.165, 1.54) is 12.8 Å². The van der Waals surface area contributed by atoms with Gasteiger partial charge in [0.1, 0.15) is 0 Å². The molecule has 19 heavy (non-hydrogen) atoms. The van der Waals surface area contributed by atoms with E-state index in [1.54, 1.807) is 0 Å². The molecule has 1 heterocycles. The Morgan fingerprint density at radius 2 is 2.05 bits per heavy atom. The molecular weight excluding hydrogens is 279 g/mol. The summed E-state index contributed by atoms with van der Waals surface area (Å²) in [5.74, 6) is 0. The number of hydrogen-bond donors (Lipinski definition) is 1. The van der Waals surface area contributed by atoms with E-state index in [0.29, 0.717) is 6.04 Å². The van der Waals surface area contributed by atoms with Crippen molar-refractivity contribution >= 4 is 23.2 Å².